The molecular formula is C32H21F7N4O2S. The van der Waals surface area contributed by atoms with Crippen molar-refractivity contribution in [3.63, 3.8) is 0 Å². The molecule has 1 N–H and O–H groups in total. The quantitative estimate of drug-likeness (QED) is 0.109. The van der Waals surface area contributed by atoms with Crippen LogP contribution in [-0.2, 0) is 30.6 Å². The molecule has 0 radical (unpaired) electrons. The lowest BCUT2D eigenvalue weighted by molar-refractivity contribution is -0.137. The van der Waals surface area contributed by atoms with Crippen LogP contribution in [-0.4, -0.2) is 30.2 Å². The maximum atomic E-state index is 14.4. The summed E-state index contributed by atoms with van der Waals surface area (Å²) in [6, 6.07) is 14.1. The van der Waals surface area contributed by atoms with Crippen molar-refractivity contribution in [2.75, 3.05) is 11.6 Å². The molecule has 6 aromatic rings. The molecular weight excluding hydrogens is 637 g/mol. The van der Waals surface area contributed by atoms with Gasteiger partial charge in [-0.15, -0.1) is 0 Å². The van der Waals surface area contributed by atoms with Crippen molar-refractivity contribution in [2.24, 2.45) is 7.05 Å². The summed E-state index contributed by atoms with van der Waals surface area (Å²) in [7, 11) is -0.704. The molecule has 0 fully saturated rings. The smallest absolute Gasteiger partial charge is 0.381 e. The number of aromatic nitrogens is 3. The summed E-state index contributed by atoms with van der Waals surface area (Å²) >= 11 is 0. The number of nitrogens with zero attached hydrogens (tertiary/aromatic N) is 3. The second kappa shape index (κ2) is 11.4. The van der Waals surface area contributed by atoms with Gasteiger partial charge in [-0.05, 0) is 60.2 Å². The van der Waals surface area contributed by atoms with E-state index in [2.05, 4.69) is 10.3 Å². The van der Waals surface area contributed by atoms with Gasteiger partial charge in [0.1, 0.15) is 4.90 Å². The lowest BCUT2D eigenvalue weighted by Crippen LogP contribution is -2.12. The number of imidazole rings is 1. The zero-order valence-corrected chi connectivity index (χ0v) is 24.7. The molecule has 3 aromatic heterocycles. The Kier molecular flexibility index (Phi) is 7.71. The Bertz CT molecular complexity index is 2180. The zero-order valence-electron chi connectivity index (χ0n) is 23.8. The van der Waals surface area contributed by atoms with Crippen molar-refractivity contribution in [1.82, 2.24) is 14.0 Å². The van der Waals surface area contributed by atoms with Gasteiger partial charge in [0.15, 0.2) is 23.3 Å². The summed E-state index contributed by atoms with van der Waals surface area (Å²) in [6.45, 7) is -0.661. The fraction of sp³-hybridized carbons (Fsp3) is 0.125. The highest BCUT2D eigenvalue weighted by Gasteiger charge is 2.35. The van der Waals surface area contributed by atoms with E-state index in [4.69, 9.17) is 0 Å². The molecule has 46 heavy (non-hydrogen) atoms. The van der Waals surface area contributed by atoms with Crippen LogP contribution in [0.3, 0.4) is 0 Å². The molecule has 3 aromatic carbocycles. The van der Waals surface area contributed by atoms with Gasteiger partial charge < -0.3 is 14.3 Å². The number of nitrogens with one attached hydrogen (secondary N) is 1. The van der Waals surface area contributed by atoms with Crippen LogP contribution in [0.2, 0.25) is 0 Å². The number of rotatable bonds is 7. The Morgan fingerprint density at radius 3 is 2.20 bits per heavy atom. The number of benzene rings is 3. The van der Waals surface area contributed by atoms with Crippen molar-refractivity contribution in [1.29, 1.82) is 0 Å². The van der Waals surface area contributed by atoms with Crippen LogP contribution in [0, 0.1) is 23.3 Å². The number of halogens is 7. The van der Waals surface area contributed by atoms with Gasteiger partial charge in [0.2, 0.25) is 5.78 Å². The van der Waals surface area contributed by atoms with Gasteiger partial charge in [-0.25, -0.2) is 22.5 Å². The van der Waals surface area contributed by atoms with Gasteiger partial charge in [-0.1, -0.05) is 6.07 Å². The van der Waals surface area contributed by atoms with E-state index >= 15 is 0 Å². The third-order valence-corrected chi connectivity index (χ3v) is 8.54. The minimum absolute atomic E-state index is 0.0953. The molecule has 0 bridgehead atoms. The monoisotopic (exact) mass is 658 g/mol. The van der Waals surface area contributed by atoms with E-state index in [0.29, 0.717) is 16.6 Å². The molecule has 0 spiro atoms. The summed E-state index contributed by atoms with van der Waals surface area (Å²) in [5.74, 6) is -7.31. The Hall–Kier alpha value is -4.98. The highest BCUT2D eigenvalue weighted by Crippen LogP contribution is 2.41. The number of pyridine rings is 1. The maximum Gasteiger partial charge on any atom is 0.417 e. The number of carbonyl (C=O) groups is 1. The molecule has 14 heteroatoms. The SMILES string of the molecule is Cn1cnc2cc(-c3cccn4c(C(=O)c5ccc(NCc6c(F)c(F)c(S(C)=O)c(F)c6F)cc5)ccc34)c(C(F)(F)F)cc21. The molecule has 3 heterocycles. The average Bonchev–Trinajstić information content (AvgIpc) is 3.62. The third-order valence-electron chi connectivity index (χ3n) is 7.60. The number of ketones is 1. The Morgan fingerprint density at radius 2 is 1.57 bits per heavy atom. The van der Waals surface area contributed by atoms with E-state index < -0.39 is 68.6 Å². The summed E-state index contributed by atoms with van der Waals surface area (Å²) in [5, 5.41) is 2.63. The summed E-state index contributed by atoms with van der Waals surface area (Å²) in [4.78, 5) is 16.5. The molecule has 1 atom stereocenters. The minimum Gasteiger partial charge on any atom is -0.381 e. The first kappa shape index (κ1) is 31.0. The van der Waals surface area contributed by atoms with Gasteiger partial charge in [-0.3, -0.25) is 9.00 Å². The largest absolute Gasteiger partial charge is 0.417 e. The molecule has 0 amide bonds. The average molecular weight is 659 g/mol. The number of anilines is 1. The minimum atomic E-state index is -4.67. The third kappa shape index (κ3) is 5.21. The van der Waals surface area contributed by atoms with Crippen LogP contribution in [0.1, 0.15) is 27.2 Å². The summed E-state index contributed by atoms with van der Waals surface area (Å²) in [5.41, 5.74) is 0.00455. The topological polar surface area (TPSA) is 68.4 Å². The molecule has 6 rings (SSSR count). The number of hydrogen-bond donors (Lipinski definition) is 1. The van der Waals surface area contributed by atoms with E-state index in [0.717, 1.165) is 12.3 Å². The molecule has 0 saturated heterocycles. The maximum absolute atomic E-state index is 14.4. The molecule has 0 saturated carbocycles. The van der Waals surface area contributed by atoms with Gasteiger partial charge in [0.05, 0.1) is 44.9 Å². The predicted octanol–water partition coefficient (Wildman–Crippen LogP) is 7.65. The normalized spacial score (nSPS) is 12.6. The van der Waals surface area contributed by atoms with Crippen LogP contribution >= 0.6 is 0 Å². The number of alkyl halides is 3. The van der Waals surface area contributed by atoms with E-state index in [9.17, 15) is 39.7 Å². The first-order valence-corrected chi connectivity index (χ1v) is 15.0. The van der Waals surface area contributed by atoms with Crippen molar-refractivity contribution in [3.05, 3.63) is 119 Å². The lowest BCUT2D eigenvalue weighted by Gasteiger charge is -2.15. The van der Waals surface area contributed by atoms with Crippen molar-refractivity contribution in [2.45, 2.75) is 17.6 Å². The Balaban J connectivity index is 1.29. The second-order valence-electron chi connectivity index (χ2n) is 10.4. The van der Waals surface area contributed by atoms with Crippen LogP contribution in [0.4, 0.5) is 36.4 Å². The molecule has 236 valence electrons. The second-order valence-corrected chi connectivity index (χ2v) is 11.7. The molecule has 1 unspecified atom stereocenters. The van der Waals surface area contributed by atoms with Gasteiger partial charge >= 0.3 is 6.18 Å². The van der Waals surface area contributed by atoms with Crippen LogP contribution in [0.25, 0.3) is 27.7 Å². The predicted molar refractivity (Wildman–Crippen MR) is 158 cm³/mol. The van der Waals surface area contributed by atoms with Gasteiger partial charge in [0, 0.05) is 48.4 Å². The molecule has 0 aliphatic carbocycles. The summed E-state index contributed by atoms with van der Waals surface area (Å²) in [6.07, 6.45) is -0.798. The van der Waals surface area contributed by atoms with Gasteiger partial charge in [-0.2, -0.15) is 13.2 Å². The van der Waals surface area contributed by atoms with Crippen LogP contribution < -0.4 is 5.32 Å². The van der Waals surface area contributed by atoms with Gasteiger partial charge in [0.25, 0.3) is 0 Å². The highest BCUT2D eigenvalue weighted by atomic mass is 32.2. The number of carbonyl (C=O) groups excluding carboxylic acids is 1. The van der Waals surface area contributed by atoms with Crippen LogP contribution in [0.15, 0.2) is 78.1 Å². The fourth-order valence-corrected chi connectivity index (χ4v) is 6.01. The number of aryl methyl sites for hydroxylation is 1. The van der Waals surface area contributed by atoms with Crippen molar-refractivity contribution < 1.29 is 39.7 Å². The van der Waals surface area contributed by atoms with E-state index in [1.54, 1.807) is 19.3 Å². The van der Waals surface area contributed by atoms with E-state index in [-0.39, 0.29) is 28.1 Å². The highest BCUT2D eigenvalue weighted by molar-refractivity contribution is 7.84. The standard InChI is InChI=1S/C32H21F7N4O2S/c1-42-15-41-22-12-19(21(13-25(22)42)32(37,38)39)18-4-3-11-43-23(18)9-10-24(43)30(44)16-5-7-17(8-6-16)40-14-20-26(33)28(35)31(46(2)45)29(36)27(20)34/h3-13,15,40H,14H2,1-2H3. The Labute approximate surface area is 258 Å². The van der Waals surface area contributed by atoms with Crippen LogP contribution in [0.5, 0.6) is 0 Å². The molecule has 0 aliphatic rings. The first-order valence-electron chi connectivity index (χ1n) is 13.5. The Morgan fingerprint density at radius 1 is 0.891 bits per heavy atom. The molecule has 0 aliphatic heterocycles. The van der Waals surface area contributed by atoms with E-state index in [1.165, 1.54) is 63.8 Å². The van der Waals surface area contributed by atoms with E-state index in [1.807, 2.05) is 0 Å². The number of fused-ring (bicyclic) bond motifs is 2. The van der Waals surface area contributed by atoms with Crippen molar-refractivity contribution >= 4 is 38.8 Å². The fourth-order valence-electron chi connectivity index (χ4n) is 5.33. The number of hydrogen-bond acceptors (Lipinski definition) is 4. The zero-order chi connectivity index (χ0) is 33.1. The molecule has 6 nitrogen and oxygen atoms in total. The first-order chi connectivity index (χ1) is 21.8. The summed E-state index contributed by atoms with van der Waals surface area (Å²) < 4.78 is 114. The lowest BCUT2D eigenvalue weighted by atomic mass is 9.98. The van der Waals surface area contributed by atoms with Crippen molar-refractivity contribution in [3.8, 4) is 11.1 Å².